The molecule has 0 radical (unpaired) electrons. The van der Waals surface area contributed by atoms with E-state index in [9.17, 15) is 0 Å². The van der Waals surface area contributed by atoms with Gasteiger partial charge in [0.25, 0.3) is 0 Å². The minimum absolute atomic E-state index is 0.692. The van der Waals surface area contributed by atoms with Crippen LogP contribution in [-0.4, -0.2) is 23.5 Å². The number of nitrogens with zero attached hydrogens (tertiary/aromatic N) is 1. The van der Waals surface area contributed by atoms with Crippen LogP contribution >= 0.6 is 0 Å². The van der Waals surface area contributed by atoms with E-state index in [2.05, 4.69) is 37.8 Å². The molecule has 0 N–H and O–H groups in total. The molecule has 0 amide bonds. The van der Waals surface area contributed by atoms with Gasteiger partial charge in [0, 0.05) is 18.6 Å². The van der Waals surface area contributed by atoms with Crippen LogP contribution in [0.3, 0.4) is 0 Å². The van der Waals surface area contributed by atoms with E-state index in [1.165, 1.54) is 19.3 Å². The third-order valence-corrected chi connectivity index (χ3v) is 2.75. The Balaban J connectivity index is 2.57. The molecule has 12 heavy (non-hydrogen) atoms. The van der Waals surface area contributed by atoms with Crippen LogP contribution in [0.15, 0.2) is 12.2 Å². The molecule has 1 nitrogen and oxygen atoms in total. The van der Waals surface area contributed by atoms with Crippen LogP contribution in [0.1, 0.15) is 40.0 Å². The second-order valence-corrected chi connectivity index (χ2v) is 3.90. The quantitative estimate of drug-likeness (QED) is 0.572. The third kappa shape index (κ3) is 2.34. The molecule has 0 aromatic heterocycles. The van der Waals surface area contributed by atoms with Crippen molar-refractivity contribution in [2.45, 2.75) is 52.1 Å². The van der Waals surface area contributed by atoms with Gasteiger partial charge in [-0.25, -0.2) is 0 Å². The van der Waals surface area contributed by atoms with E-state index >= 15 is 0 Å². The fourth-order valence-corrected chi connectivity index (χ4v) is 1.99. The van der Waals surface area contributed by atoms with Gasteiger partial charge in [-0.1, -0.05) is 19.1 Å². The first kappa shape index (κ1) is 9.79. The van der Waals surface area contributed by atoms with Crippen molar-refractivity contribution >= 4 is 0 Å². The fourth-order valence-electron chi connectivity index (χ4n) is 1.99. The zero-order valence-electron chi connectivity index (χ0n) is 8.59. The molecule has 1 aliphatic heterocycles. The van der Waals surface area contributed by atoms with Gasteiger partial charge in [-0.05, 0) is 33.1 Å². The molecule has 1 heterocycles. The molecule has 1 heteroatoms. The summed E-state index contributed by atoms with van der Waals surface area (Å²) in [6, 6.07) is 1.50. The summed E-state index contributed by atoms with van der Waals surface area (Å²) in [7, 11) is 0. The molecule has 0 fully saturated rings. The van der Waals surface area contributed by atoms with Crippen molar-refractivity contribution in [1.82, 2.24) is 4.90 Å². The van der Waals surface area contributed by atoms with Gasteiger partial charge in [0.1, 0.15) is 0 Å². The molecule has 0 saturated heterocycles. The summed E-state index contributed by atoms with van der Waals surface area (Å²) in [4.78, 5) is 2.60. The highest BCUT2D eigenvalue weighted by atomic mass is 15.2. The lowest BCUT2D eigenvalue weighted by Crippen LogP contribution is -2.39. The topological polar surface area (TPSA) is 3.24 Å². The van der Waals surface area contributed by atoms with E-state index in [-0.39, 0.29) is 0 Å². The Bertz CT molecular complexity index is 149. The average Bonchev–Trinajstić information content (AvgIpc) is 2.27. The van der Waals surface area contributed by atoms with Gasteiger partial charge in [0.15, 0.2) is 0 Å². The third-order valence-electron chi connectivity index (χ3n) is 2.75. The SMILES string of the molecule is CCC1CCC=CCN1C(C)C. The summed E-state index contributed by atoms with van der Waals surface area (Å²) in [5, 5.41) is 0. The van der Waals surface area contributed by atoms with Crippen LogP contribution in [-0.2, 0) is 0 Å². The summed E-state index contributed by atoms with van der Waals surface area (Å²) in [5.74, 6) is 0. The van der Waals surface area contributed by atoms with Crippen LogP contribution in [0.4, 0.5) is 0 Å². The largest absolute Gasteiger partial charge is 0.294 e. The molecule has 1 atom stereocenters. The molecular formula is C11H21N. The lowest BCUT2D eigenvalue weighted by molar-refractivity contribution is 0.163. The molecule has 0 saturated carbocycles. The minimum Gasteiger partial charge on any atom is -0.294 e. The van der Waals surface area contributed by atoms with Gasteiger partial charge in [-0.2, -0.15) is 0 Å². The molecule has 0 aromatic rings. The predicted octanol–water partition coefficient (Wildman–Crippen LogP) is 2.83. The molecule has 0 bridgehead atoms. The molecular weight excluding hydrogens is 146 g/mol. The number of hydrogen-bond acceptors (Lipinski definition) is 1. The second kappa shape index (κ2) is 4.66. The van der Waals surface area contributed by atoms with Gasteiger partial charge in [-0.15, -0.1) is 0 Å². The number of hydrogen-bond donors (Lipinski definition) is 0. The Morgan fingerprint density at radius 2 is 2.17 bits per heavy atom. The normalized spacial score (nSPS) is 26.2. The van der Waals surface area contributed by atoms with Gasteiger partial charge in [0.05, 0.1) is 0 Å². The van der Waals surface area contributed by atoms with Crippen molar-refractivity contribution in [2.75, 3.05) is 6.54 Å². The standard InChI is InChI=1S/C11H21N/c1-4-11-8-6-5-7-9-12(11)10(2)3/h5,7,10-11H,4,6,8-9H2,1-3H3. The van der Waals surface area contributed by atoms with E-state index in [0.717, 1.165) is 12.6 Å². The zero-order valence-corrected chi connectivity index (χ0v) is 8.59. The van der Waals surface area contributed by atoms with Crippen LogP contribution in [0.2, 0.25) is 0 Å². The van der Waals surface area contributed by atoms with Gasteiger partial charge in [0.2, 0.25) is 0 Å². The monoisotopic (exact) mass is 167 g/mol. The Kier molecular flexibility index (Phi) is 3.80. The number of rotatable bonds is 2. The van der Waals surface area contributed by atoms with Crippen LogP contribution in [0.5, 0.6) is 0 Å². The maximum absolute atomic E-state index is 2.60. The van der Waals surface area contributed by atoms with Crippen LogP contribution < -0.4 is 0 Å². The lowest BCUT2D eigenvalue weighted by atomic mass is 10.1. The van der Waals surface area contributed by atoms with E-state index < -0.39 is 0 Å². The molecule has 0 aliphatic carbocycles. The molecule has 1 unspecified atom stereocenters. The van der Waals surface area contributed by atoms with Crippen LogP contribution in [0, 0.1) is 0 Å². The van der Waals surface area contributed by atoms with E-state index in [4.69, 9.17) is 0 Å². The van der Waals surface area contributed by atoms with Gasteiger partial charge < -0.3 is 0 Å². The fraction of sp³-hybridized carbons (Fsp3) is 0.818. The maximum Gasteiger partial charge on any atom is 0.0168 e. The van der Waals surface area contributed by atoms with Gasteiger partial charge in [-0.3, -0.25) is 4.90 Å². The lowest BCUT2D eigenvalue weighted by Gasteiger charge is -2.32. The smallest absolute Gasteiger partial charge is 0.0168 e. The molecule has 70 valence electrons. The second-order valence-electron chi connectivity index (χ2n) is 3.90. The van der Waals surface area contributed by atoms with Crippen LogP contribution in [0.25, 0.3) is 0 Å². The maximum atomic E-state index is 2.60. The summed E-state index contributed by atoms with van der Waals surface area (Å²) in [6.07, 6.45) is 8.54. The predicted molar refractivity (Wildman–Crippen MR) is 54.3 cm³/mol. The average molecular weight is 167 g/mol. The zero-order chi connectivity index (χ0) is 8.97. The van der Waals surface area contributed by atoms with Crippen molar-refractivity contribution in [3.63, 3.8) is 0 Å². The van der Waals surface area contributed by atoms with Crippen molar-refractivity contribution < 1.29 is 0 Å². The first-order chi connectivity index (χ1) is 5.75. The molecule has 1 rings (SSSR count). The first-order valence-electron chi connectivity index (χ1n) is 5.16. The minimum atomic E-state index is 0.692. The van der Waals surface area contributed by atoms with E-state index in [1.807, 2.05) is 0 Å². The summed E-state index contributed by atoms with van der Waals surface area (Å²) >= 11 is 0. The Labute approximate surface area is 76.5 Å². The van der Waals surface area contributed by atoms with Gasteiger partial charge >= 0.3 is 0 Å². The first-order valence-corrected chi connectivity index (χ1v) is 5.16. The number of allylic oxidation sites excluding steroid dienone is 1. The Morgan fingerprint density at radius 3 is 2.75 bits per heavy atom. The van der Waals surface area contributed by atoms with Crippen molar-refractivity contribution in [2.24, 2.45) is 0 Å². The molecule has 0 aromatic carbocycles. The highest BCUT2D eigenvalue weighted by molar-refractivity contribution is 4.92. The Morgan fingerprint density at radius 1 is 1.42 bits per heavy atom. The highest BCUT2D eigenvalue weighted by Gasteiger charge is 2.18. The van der Waals surface area contributed by atoms with E-state index in [1.54, 1.807) is 0 Å². The Hall–Kier alpha value is -0.300. The summed E-state index contributed by atoms with van der Waals surface area (Å²) in [6.45, 7) is 8.03. The molecule has 1 aliphatic rings. The summed E-state index contributed by atoms with van der Waals surface area (Å²) < 4.78 is 0. The highest BCUT2D eigenvalue weighted by Crippen LogP contribution is 2.17. The van der Waals surface area contributed by atoms with Crippen molar-refractivity contribution in [1.29, 1.82) is 0 Å². The van der Waals surface area contributed by atoms with Crippen molar-refractivity contribution in [3.8, 4) is 0 Å². The van der Waals surface area contributed by atoms with Crippen molar-refractivity contribution in [3.05, 3.63) is 12.2 Å². The van der Waals surface area contributed by atoms with E-state index in [0.29, 0.717) is 6.04 Å². The molecule has 0 spiro atoms. The summed E-state index contributed by atoms with van der Waals surface area (Å²) in [5.41, 5.74) is 0.